The molecule has 5 heteroatoms. The second-order valence-electron chi connectivity index (χ2n) is 5.24. The van der Waals surface area contributed by atoms with Crippen molar-refractivity contribution in [1.82, 2.24) is 9.88 Å². The third-order valence-electron chi connectivity index (χ3n) is 4.24. The van der Waals surface area contributed by atoms with E-state index in [9.17, 15) is 0 Å². The number of fused-ring (bicyclic) bond motifs is 2. The van der Waals surface area contributed by atoms with Gasteiger partial charge in [-0.2, -0.15) is 0 Å². The highest BCUT2D eigenvalue weighted by atomic mass is 79.9. The number of aromatic nitrogens is 1. The minimum absolute atomic E-state index is 0.668. The van der Waals surface area contributed by atoms with Crippen LogP contribution in [-0.2, 0) is 0 Å². The Morgan fingerprint density at radius 1 is 1.33 bits per heavy atom. The molecule has 3 rings (SSSR count). The third kappa shape index (κ3) is 2.26. The zero-order valence-electron chi connectivity index (χ0n) is 10.4. The Hall–Kier alpha value is -0.320. The van der Waals surface area contributed by atoms with Crippen LogP contribution in [0.25, 0.3) is 0 Å². The van der Waals surface area contributed by atoms with E-state index in [1.807, 2.05) is 6.07 Å². The van der Waals surface area contributed by atoms with E-state index in [4.69, 9.17) is 11.6 Å². The Morgan fingerprint density at radius 2 is 2.11 bits per heavy atom. The minimum atomic E-state index is 0.668. The van der Waals surface area contributed by atoms with E-state index in [2.05, 4.69) is 37.8 Å². The number of pyridine rings is 1. The SMILES string of the molecule is CN1C2CCC1CN(c1ncc(Cl)cc1Br)CC2. The average molecular weight is 331 g/mol. The molecule has 0 saturated carbocycles. The molecular weight excluding hydrogens is 314 g/mol. The van der Waals surface area contributed by atoms with Crippen molar-refractivity contribution in [2.24, 2.45) is 0 Å². The summed E-state index contributed by atoms with van der Waals surface area (Å²) in [7, 11) is 2.26. The molecule has 0 spiro atoms. The zero-order valence-corrected chi connectivity index (χ0v) is 12.8. The molecule has 2 bridgehead atoms. The van der Waals surface area contributed by atoms with Crippen molar-refractivity contribution in [2.75, 3.05) is 25.0 Å². The molecule has 2 aliphatic heterocycles. The Labute approximate surface area is 121 Å². The predicted molar refractivity (Wildman–Crippen MR) is 78.4 cm³/mol. The molecule has 0 N–H and O–H groups in total. The molecule has 2 fully saturated rings. The third-order valence-corrected chi connectivity index (χ3v) is 5.03. The first-order chi connectivity index (χ1) is 8.65. The van der Waals surface area contributed by atoms with Gasteiger partial charge < -0.3 is 4.90 Å². The minimum Gasteiger partial charge on any atom is -0.354 e. The van der Waals surface area contributed by atoms with Crippen LogP contribution in [-0.4, -0.2) is 42.1 Å². The number of nitrogens with zero attached hydrogens (tertiary/aromatic N) is 3. The second-order valence-corrected chi connectivity index (χ2v) is 6.53. The molecule has 2 saturated heterocycles. The second kappa shape index (κ2) is 4.99. The first kappa shape index (κ1) is 12.7. The van der Waals surface area contributed by atoms with Crippen molar-refractivity contribution < 1.29 is 0 Å². The van der Waals surface area contributed by atoms with Gasteiger partial charge in [0.15, 0.2) is 0 Å². The summed E-state index contributed by atoms with van der Waals surface area (Å²) >= 11 is 9.53. The average Bonchev–Trinajstić information content (AvgIpc) is 2.55. The van der Waals surface area contributed by atoms with Gasteiger partial charge in [-0.3, -0.25) is 4.90 Å². The summed E-state index contributed by atoms with van der Waals surface area (Å²) in [5.41, 5.74) is 0. The van der Waals surface area contributed by atoms with E-state index in [0.717, 1.165) is 29.4 Å². The molecule has 3 nitrogen and oxygen atoms in total. The lowest BCUT2D eigenvalue weighted by molar-refractivity contribution is 0.254. The van der Waals surface area contributed by atoms with Gasteiger partial charge in [-0.1, -0.05) is 11.6 Å². The number of rotatable bonds is 1. The number of halogens is 2. The van der Waals surface area contributed by atoms with Crippen molar-refractivity contribution in [3.05, 3.63) is 21.8 Å². The van der Waals surface area contributed by atoms with Crippen LogP contribution in [0.5, 0.6) is 0 Å². The number of likely N-dealkylation sites (N-methyl/N-ethyl adjacent to an activating group) is 1. The van der Waals surface area contributed by atoms with E-state index in [1.165, 1.54) is 19.3 Å². The van der Waals surface area contributed by atoms with Crippen molar-refractivity contribution in [2.45, 2.75) is 31.3 Å². The molecule has 18 heavy (non-hydrogen) atoms. The van der Waals surface area contributed by atoms with E-state index < -0.39 is 0 Å². The quantitative estimate of drug-likeness (QED) is 0.788. The van der Waals surface area contributed by atoms with Gasteiger partial charge in [0, 0.05) is 31.4 Å². The first-order valence-corrected chi connectivity index (χ1v) is 7.60. The van der Waals surface area contributed by atoms with Crippen LogP contribution in [0.4, 0.5) is 5.82 Å². The predicted octanol–water partition coefficient (Wildman–Crippen LogP) is 3.17. The standard InChI is InChI=1S/C13H17BrClN3/c1-17-10-2-3-11(17)8-18(5-4-10)13-12(14)6-9(15)7-16-13/h6-7,10-11H,2-5,8H2,1H3. The lowest BCUT2D eigenvalue weighted by Gasteiger charge is -2.27. The van der Waals surface area contributed by atoms with Gasteiger partial charge in [0.2, 0.25) is 0 Å². The van der Waals surface area contributed by atoms with Crippen LogP contribution in [0.15, 0.2) is 16.7 Å². The van der Waals surface area contributed by atoms with E-state index in [1.54, 1.807) is 6.20 Å². The number of hydrogen-bond acceptors (Lipinski definition) is 3. The van der Waals surface area contributed by atoms with Gasteiger partial charge >= 0.3 is 0 Å². The van der Waals surface area contributed by atoms with E-state index in [-0.39, 0.29) is 0 Å². The highest BCUT2D eigenvalue weighted by molar-refractivity contribution is 9.10. The van der Waals surface area contributed by atoms with Gasteiger partial charge in [-0.15, -0.1) is 0 Å². The highest BCUT2D eigenvalue weighted by Gasteiger charge is 2.35. The highest BCUT2D eigenvalue weighted by Crippen LogP contribution is 2.33. The summed E-state index contributed by atoms with van der Waals surface area (Å²) in [6, 6.07) is 3.35. The Morgan fingerprint density at radius 3 is 2.89 bits per heavy atom. The molecule has 2 unspecified atom stereocenters. The molecule has 0 aliphatic carbocycles. The molecule has 0 aromatic carbocycles. The van der Waals surface area contributed by atoms with Gasteiger partial charge in [-0.25, -0.2) is 4.98 Å². The van der Waals surface area contributed by atoms with Gasteiger partial charge in [0.05, 0.1) is 9.50 Å². The van der Waals surface area contributed by atoms with Crippen LogP contribution in [0.3, 0.4) is 0 Å². The van der Waals surface area contributed by atoms with Crippen molar-refractivity contribution in [3.63, 3.8) is 0 Å². The molecule has 2 aliphatic rings. The lowest BCUT2D eigenvalue weighted by atomic mass is 10.1. The molecule has 3 heterocycles. The summed E-state index contributed by atoms with van der Waals surface area (Å²) in [6.07, 6.45) is 5.62. The van der Waals surface area contributed by atoms with Crippen LogP contribution in [0, 0.1) is 0 Å². The number of anilines is 1. The van der Waals surface area contributed by atoms with Crippen molar-refractivity contribution in [3.8, 4) is 0 Å². The van der Waals surface area contributed by atoms with E-state index in [0.29, 0.717) is 11.1 Å². The maximum Gasteiger partial charge on any atom is 0.143 e. The van der Waals surface area contributed by atoms with Crippen molar-refractivity contribution in [1.29, 1.82) is 0 Å². The molecule has 98 valence electrons. The monoisotopic (exact) mass is 329 g/mol. The Kier molecular flexibility index (Phi) is 3.52. The molecule has 1 aromatic heterocycles. The van der Waals surface area contributed by atoms with Gasteiger partial charge in [0.25, 0.3) is 0 Å². The van der Waals surface area contributed by atoms with Crippen LogP contribution >= 0.6 is 27.5 Å². The van der Waals surface area contributed by atoms with Crippen LogP contribution in [0.1, 0.15) is 19.3 Å². The van der Waals surface area contributed by atoms with Crippen LogP contribution < -0.4 is 4.90 Å². The van der Waals surface area contributed by atoms with Gasteiger partial charge in [-0.05, 0) is 48.3 Å². The zero-order chi connectivity index (χ0) is 12.7. The lowest BCUT2D eigenvalue weighted by Crippen LogP contribution is -2.37. The normalized spacial score (nSPS) is 28.5. The van der Waals surface area contributed by atoms with Crippen molar-refractivity contribution >= 4 is 33.3 Å². The topological polar surface area (TPSA) is 19.4 Å². The van der Waals surface area contributed by atoms with Gasteiger partial charge in [0.1, 0.15) is 5.82 Å². The fourth-order valence-corrected chi connectivity index (χ4v) is 4.03. The Bertz CT molecular complexity index is 454. The smallest absolute Gasteiger partial charge is 0.143 e. The van der Waals surface area contributed by atoms with E-state index >= 15 is 0 Å². The Balaban J connectivity index is 1.84. The summed E-state index contributed by atoms with van der Waals surface area (Å²) in [4.78, 5) is 9.42. The maximum atomic E-state index is 5.96. The molecule has 2 atom stereocenters. The molecular formula is C13H17BrClN3. The summed E-state index contributed by atoms with van der Waals surface area (Å²) < 4.78 is 0.996. The fourth-order valence-electron chi connectivity index (χ4n) is 3.14. The largest absolute Gasteiger partial charge is 0.354 e. The van der Waals surface area contributed by atoms with Crippen LogP contribution in [0.2, 0.25) is 5.02 Å². The maximum absolute atomic E-state index is 5.96. The molecule has 0 amide bonds. The summed E-state index contributed by atoms with van der Waals surface area (Å²) in [5, 5.41) is 0.680. The molecule has 1 aromatic rings. The first-order valence-electron chi connectivity index (χ1n) is 6.43. The summed E-state index contributed by atoms with van der Waals surface area (Å²) in [5.74, 6) is 1.03. The molecule has 0 radical (unpaired) electrons. The summed E-state index contributed by atoms with van der Waals surface area (Å²) in [6.45, 7) is 2.15. The fraction of sp³-hybridized carbons (Fsp3) is 0.615. The number of hydrogen-bond donors (Lipinski definition) is 0.